The number of thiazole rings is 1. The molecule has 0 spiro atoms. The number of carbonyl (C=O) groups excluding carboxylic acids is 1. The van der Waals surface area contributed by atoms with Crippen molar-refractivity contribution in [2.45, 2.75) is 39.8 Å². The molecule has 5 nitrogen and oxygen atoms in total. The Morgan fingerprint density at radius 3 is 2.65 bits per heavy atom. The van der Waals surface area contributed by atoms with E-state index in [1.165, 1.54) is 0 Å². The lowest BCUT2D eigenvalue weighted by molar-refractivity contribution is 0.229. The van der Waals surface area contributed by atoms with Gasteiger partial charge in [0.2, 0.25) is 0 Å². The van der Waals surface area contributed by atoms with Crippen molar-refractivity contribution in [2.24, 2.45) is 0 Å². The van der Waals surface area contributed by atoms with E-state index in [1.807, 2.05) is 52.1 Å². The molecule has 0 aliphatic carbocycles. The second-order valence-electron chi connectivity index (χ2n) is 6.01. The van der Waals surface area contributed by atoms with Crippen LogP contribution in [0.1, 0.15) is 34.9 Å². The Hall–Kier alpha value is -2.08. The molecule has 2 N–H and O–H groups in total. The smallest absolute Gasteiger partial charge is 0.315 e. The van der Waals surface area contributed by atoms with Crippen LogP contribution in [0, 0.1) is 13.8 Å². The molecule has 0 aliphatic heterocycles. The highest BCUT2D eigenvalue weighted by molar-refractivity contribution is 7.11. The van der Waals surface area contributed by atoms with E-state index in [2.05, 4.69) is 15.6 Å². The van der Waals surface area contributed by atoms with E-state index in [-0.39, 0.29) is 6.03 Å². The van der Waals surface area contributed by atoms with E-state index in [9.17, 15) is 4.79 Å². The van der Waals surface area contributed by atoms with Gasteiger partial charge >= 0.3 is 6.03 Å². The van der Waals surface area contributed by atoms with Crippen molar-refractivity contribution in [2.75, 3.05) is 7.11 Å². The zero-order valence-electron chi connectivity index (χ0n) is 14.2. The maximum Gasteiger partial charge on any atom is 0.315 e. The molecule has 0 fully saturated rings. The molecule has 23 heavy (non-hydrogen) atoms. The van der Waals surface area contributed by atoms with Crippen LogP contribution >= 0.6 is 11.3 Å². The van der Waals surface area contributed by atoms with Crippen LogP contribution in [0.3, 0.4) is 0 Å². The number of nitrogens with zero attached hydrogens (tertiary/aromatic N) is 1. The van der Waals surface area contributed by atoms with Crippen molar-refractivity contribution >= 4 is 17.4 Å². The fraction of sp³-hybridized carbons (Fsp3) is 0.412. The molecule has 2 amide bonds. The number of carbonyl (C=O) groups is 1. The highest BCUT2D eigenvalue weighted by Crippen LogP contribution is 2.24. The van der Waals surface area contributed by atoms with Crippen LogP contribution in [-0.2, 0) is 12.1 Å². The third-order valence-corrected chi connectivity index (χ3v) is 4.73. The summed E-state index contributed by atoms with van der Waals surface area (Å²) >= 11 is 1.59. The quantitative estimate of drug-likeness (QED) is 0.880. The van der Waals surface area contributed by atoms with Gasteiger partial charge in [0.1, 0.15) is 10.8 Å². The van der Waals surface area contributed by atoms with E-state index < -0.39 is 5.54 Å². The summed E-state index contributed by atoms with van der Waals surface area (Å²) in [7, 11) is 1.65. The lowest BCUT2D eigenvalue weighted by atomic mass is 10.1. The number of aromatic nitrogens is 1. The second-order valence-corrected chi connectivity index (χ2v) is 7.25. The number of benzene rings is 1. The van der Waals surface area contributed by atoms with E-state index in [4.69, 9.17) is 4.74 Å². The summed E-state index contributed by atoms with van der Waals surface area (Å²) in [4.78, 5) is 17.6. The van der Waals surface area contributed by atoms with Crippen molar-refractivity contribution in [1.29, 1.82) is 0 Å². The maximum absolute atomic E-state index is 12.2. The number of rotatable bonds is 5. The normalized spacial score (nSPS) is 11.2. The van der Waals surface area contributed by atoms with Crippen molar-refractivity contribution in [3.05, 3.63) is 45.4 Å². The fourth-order valence-corrected chi connectivity index (χ4v) is 3.08. The summed E-state index contributed by atoms with van der Waals surface area (Å²) in [6.07, 6.45) is 1.82. The lowest BCUT2D eigenvalue weighted by Gasteiger charge is -2.24. The minimum Gasteiger partial charge on any atom is -0.496 e. The average molecular weight is 333 g/mol. The zero-order chi connectivity index (χ0) is 17.0. The van der Waals surface area contributed by atoms with Crippen LogP contribution in [0.2, 0.25) is 0 Å². The Bertz CT molecular complexity index is 695. The van der Waals surface area contributed by atoms with Gasteiger partial charge in [-0.1, -0.05) is 12.1 Å². The number of hydrogen-bond donors (Lipinski definition) is 2. The van der Waals surface area contributed by atoms with Crippen molar-refractivity contribution in [1.82, 2.24) is 15.6 Å². The Balaban J connectivity index is 1.93. The molecule has 1 aromatic heterocycles. The molecule has 0 aliphatic rings. The monoisotopic (exact) mass is 333 g/mol. The van der Waals surface area contributed by atoms with Crippen LogP contribution in [0.5, 0.6) is 5.75 Å². The zero-order valence-corrected chi connectivity index (χ0v) is 15.0. The molecule has 0 saturated carbocycles. The molecule has 2 rings (SSSR count). The SMILES string of the molecule is COc1ccc(CNC(=O)NC(C)(C)c2ncc(C)s2)cc1C. The topological polar surface area (TPSA) is 63.2 Å². The number of hydrogen-bond acceptors (Lipinski definition) is 4. The number of amides is 2. The molecule has 2 aromatic rings. The molecule has 6 heteroatoms. The molecule has 0 bridgehead atoms. The van der Waals surface area contributed by atoms with Crippen molar-refractivity contribution in [3.8, 4) is 5.75 Å². The first-order valence-electron chi connectivity index (χ1n) is 7.44. The summed E-state index contributed by atoms with van der Waals surface area (Å²) in [5.74, 6) is 0.846. The van der Waals surface area contributed by atoms with Gasteiger partial charge < -0.3 is 15.4 Å². The number of nitrogens with one attached hydrogen (secondary N) is 2. The summed E-state index contributed by atoms with van der Waals surface area (Å²) in [6.45, 7) is 8.34. The summed E-state index contributed by atoms with van der Waals surface area (Å²) in [6, 6.07) is 5.65. The molecule has 0 atom stereocenters. The molecule has 0 saturated heterocycles. The fourth-order valence-electron chi connectivity index (χ4n) is 2.26. The Kier molecular flexibility index (Phi) is 5.26. The van der Waals surface area contributed by atoms with Crippen LogP contribution in [0.15, 0.2) is 24.4 Å². The molecule has 124 valence electrons. The standard InChI is InChI=1S/C17H23N3O2S/c1-11-8-13(6-7-14(11)22-5)10-19-16(21)20-17(3,4)15-18-9-12(2)23-15/h6-9H,10H2,1-5H3,(H2,19,20,21). The molecule has 1 aromatic carbocycles. The van der Waals surface area contributed by atoms with E-state index in [1.54, 1.807) is 18.4 Å². The Morgan fingerprint density at radius 2 is 2.09 bits per heavy atom. The van der Waals surface area contributed by atoms with Crippen molar-refractivity contribution < 1.29 is 9.53 Å². The average Bonchev–Trinajstić information content (AvgIpc) is 2.92. The summed E-state index contributed by atoms with van der Waals surface area (Å²) in [5.41, 5.74) is 1.57. The minimum absolute atomic E-state index is 0.212. The third kappa shape index (κ3) is 4.45. The molecular formula is C17H23N3O2S. The van der Waals surface area contributed by atoms with Gasteiger partial charge in [-0.2, -0.15) is 0 Å². The Morgan fingerprint density at radius 1 is 1.35 bits per heavy atom. The molecular weight excluding hydrogens is 310 g/mol. The largest absolute Gasteiger partial charge is 0.496 e. The first kappa shape index (κ1) is 17.3. The molecule has 0 unspecified atom stereocenters. The van der Waals surface area contributed by atoms with Gasteiger partial charge in [0.25, 0.3) is 0 Å². The second kappa shape index (κ2) is 7.00. The number of ether oxygens (including phenoxy) is 1. The van der Waals surface area contributed by atoms with E-state index in [0.717, 1.165) is 26.8 Å². The van der Waals surface area contributed by atoms with E-state index in [0.29, 0.717) is 6.54 Å². The van der Waals surface area contributed by atoms with Crippen LogP contribution in [0.25, 0.3) is 0 Å². The van der Waals surface area contributed by atoms with E-state index >= 15 is 0 Å². The first-order valence-corrected chi connectivity index (χ1v) is 8.26. The number of methoxy groups -OCH3 is 1. The van der Waals surface area contributed by atoms with Crippen molar-refractivity contribution in [3.63, 3.8) is 0 Å². The highest BCUT2D eigenvalue weighted by Gasteiger charge is 2.25. The summed E-state index contributed by atoms with van der Waals surface area (Å²) < 4.78 is 5.24. The predicted molar refractivity (Wildman–Crippen MR) is 93.0 cm³/mol. The maximum atomic E-state index is 12.2. The van der Waals surface area contributed by atoms with Gasteiger partial charge in [0.05, 0.1) is 12.6 Å². The van der Waals surface area contributed by atoms with Crippen LogP contribution < -0.4 is 15.4 Å². The lowest BCUT2D eigenvalue weighted by Crippen LogP contribution is -2.46. The Labute approximate surface area is 141 Å². The highest BCUT2D eigenvalue weighted by atomic mass is 32.1. The molecule has 1 heterocycles. The first-order chi connectivity index (χ1) is 10.8. The van der Waals surface area contributed by atoms with Gasteiger partial charge in [-0.3, -0.25) is 0 Å². The van der Waals surface area contributed by atoms with Gasteiger partial charge in [0, 0.05) is 17.6 Å². The van der Waals surface area contributed by atoms with Gasteiger partial charge in [-0.15, -0.1) is 11.3 Å². The van der Waals surface area contributed by atoms with Gasteiger partial charge in [-0.25, -0.2) is 9.78 Å². The summed E-state index contributed by atoms with van der Waals surface area (Å²) in [5, 5.41) is 6.74. The number of aryl methyl sites for hydroxylation is 2. The van der Waals surface area contributed by atoms with Gasteiger partial charge in [0.15, 0.2) is 0 Å². The minimum atomic E-state index is -0.501. The number of urea groups is 1. The van der Waals surface area contributed by atoms with Gasteiger partial charge in [-0.05, 0) is 44.9 Å². The van der Waals surface area contributed by atoms with Crippen LogP contribution in [0.4, 0.5) is 4.79 Å². The van der Waals surface area contributed by atoms with Crippen LogP contribution in [-0.4, -0.2) is 18.1 Å². The predicted octanol–water partition coefficient (Wildman–Crippen LogP) is 3.50. The molecule has 0 radical (unpaired) electrons. The third-order valence-electron chi connectivity index (χ3n) is 3.49.